The molecule has 5 amide bonds. The summed E-state index contributed by atoms with van der Waals surface area (Å²) in [5.74, 6) is -1.45. The first-order valence-corrected chi connectivity index (χ1v) is 17.1. The van der Waals surface area contributed by atoms with Gasteiger partial charge in [-0.1, -0.05) is 61.8 Å². The summed E-state index contributed by atoms with van der Waals surface area (Å²) in [5.41, 5.74) is 0.399. The fourth-order valence-electron chi connectivity index (χ4n) is 5.24. The Hall–Kier alpha value is -3.54. The number of pyridine rings is 1. The highest BCUT2D eigenvalue weighted by atomic mass is 16.2. The molecule has 0 aliphatic carbocycles. The van der Waals surface area contributed by atoms with Crippen LogP contribution in [0.1, 0.15) is 98.9 Å². The lowest BCUT2D eigenvalue weighted by Crippen LogP contribution is -2.58. The molecule has 0 saturated carbocycles. The molecule has 12 heteroatoms. The van der Waals surface area contributed by atoms with Gasteiger partial charge in [-0.3, -0.25) is 29.0 Å². The van der Waals surface area contributed by atoms with Crippen molar-refractivity contribution in [1.29, 1.82) is 0 Å². The van der Waals surface area contributed by atoms with E-state index in [4.69, 9.17) is 0 Å². The molecular weight excluding hydrogens is 598 g/mol. The Morgan fingerprint density at radius 1 is 0.766 bits per heavy atom. The third-order valence-corrected chi connectivity index (χ3v) is 8.28. The Kier molecular flexibility index (Phi) is 18.2. The predicted octanol–water partition coefficient (Wildman–Crippen LogP) is 2.89. The van der Waals surface area contributed by atoms with Gasteiger partial charge in [0.05, 0.1) is 6.04 Å². The summed E-state index contributed by atoms with van der Waals surface area (Å²) in [6, 6.07) is -0.0147. The van der Waals surface area contributed by atoms with E-state index in [0.29, 0.717) is 37.9 Å². The van der Waals surface area contributed by atoms with Crippen LogP contribution >= 0.6 is 0 Å². The lowest BCUT2D eigenvalue weighted by Gasteiger charge is -2.35. The average molecular weight is 660 g/mol. The Morgan fingerprint density at radius 3 is 1.87 bits per heavy atom. The van der Waals surface area contributed by atoms with Crippen LogP contribution in [-0.2, 0) is 19.2 Å². The van der Waals surface area contributed by atoms with Gasteiger partial charge >= 0.3 is 0 Å². The molecule has 6 atom stereocenters. The molecule has 5 N–H and O–H groups in total. The summed E-state index contributed by atoms with van der Waals surface area (Å²) in [7, 11) is 1.62. The average Bonchev–Trinajstić information content (AvgIpc) is 3.02. The number of hydrogen-bond donors (Lipinski definition) is 5. The van der Waals surface area contributed by atoms with Crippen molar-refractivity contribution in [3.63, 3.8) is 0 Å². The standard InChI is InChI=1S/C35H61N7O5/c1-12-24(9)30(41-32(44)26-14-16-36-17-15-26)35(47)42(11)28(19-22(5)6)33(45)39-27(18-21(3)4)20-38-25(10)31(43)40-29(23(7)8)34(46)37-13-2/h14-17,21-25,27-30,38H,12-13,18-20H2,1-11H3,(H,37,46)(H,39,45)(H,40,43)(H,41,44)/t24-,25-,27?,28-,29?,30?/m0/s1. The van der Waals surface area contributed by atoms with E-state index in [2.05, 4.69) is 45.4 Å². The SMILES string of the molecule is CCNC(=O)C(NC(=O)[C@H](C)NCC(CC(C)C)NC(=O)[C@H](CC(C)C)N(C)C(=O)C(NC(=O)c1ccncc1)[C@@H](C)CC)C(C)C. The van der Waals surface area contributed by atoms with Crippen molar-refractivity contribution in [2.24, 2.45) is 23.7 Å². The maximum absolute atomic E-state index is 13.9. The van der Waals surface area contributed by atoms with E-state index in [9.17, 15) is 24.0 Å². The van der Waals surface area contributed by atoms with Gasteiger partial charge in [0, 0.05) is 44.1 Å². The number of rotatable bonds is 20. The quantitative estimate of drug-likeness (QED) is 0.144. The molecule has 266 valence electrons. The van der Waals surface area contributed by atoms with Gasteiger partial charge in [-0.05, 0) is 62.5 Å². The van der Waals surface area contributed by atoms with Crippen LogP contribution in [0.25, 0.3) is 0 Å². The lowest BCUT2D eigenvalue weighted by atomic mass is 9.95. The van der Waals surface area contributed by atoms with Gasteiger partial charge in [0.15, 0.2) is 0 Å². The van der Waals surface area contributed by atoms with Crippen molar-refractivity contribution in [2.75, 3.05) is 20.1 Å². The molecule has 0 spiro atoms. The largest absolute Gasteiger partial charge is 0.355 e. The summed E-state index contributed by atoms with van der Waals surface area (Å²) < 4.78 is 0. The van der Waals surface area contributed by atoms with Gasteiger partial charge in [-0.2, -0.15) is 0 Å². The van der Waals surface area contributed by atoms with Gasteiger partial charge in [-0.15, -0.1) is 0 Å². The third kappa shape index (κ3) is 14.0. The molecule has 1 rings (SSSR count). The second kappa shape index (κ2) is 20.6. The van der Waals surface area contributed by atoms with Crippen molar-refractivity contribution < 1.29 is 24.0 Å². The number of nitrogens with zero attached hydrogens (tertiary/aromatic N) is 2. The summed E-state index contributed by atoms with van der Waals surface area (Å²) in [5, 5.41) is 14.9. The third-order valence-electron chi connectivity index (χ3n) is 8.28. The molecule has 47 heavy (non-hydrogen) atoms. The normalized spacial score (nSPS) is 15.3. The minimum atomic E-state index is -0.824. The fraction of sp³-hybridized carbons (Fsp3) is 0.714. The predicted molar refractivity (Wildman–Crippen MR) is 185 cm³/mol. The number of carbonyl (C=O) groups excluding carboxylic acids is 5. The Labute approximate surface area is 282 Å². The molecule has 3 unspecified atom stereocenters. The Morgan fingerprint density at radius 2 is 1.36 bits per heavy atom. The zero-order valence-corrected chi connectivity index (χ0v) is 30.5. The first kappa shape index (κ1) is 41.5. The van der Waals surface area contributed by atoms with Gasteiger partial charge in [0.25, 0.3) is 5.91 Å². The highest BCUT2D eigenvalue weighted by molar-refractivity contribution is 5.98. The smallest absolute Gasteiger partial charge is 0.252 e. The molecular formula is C35H61N7O5. The van der Waals surface area contributed by atoms with Gasteiger partial charge < -0.3 is 31.5 Å². The number of likely N-dealkylation sites (N-methyl/N-ethyl adjacent to an activating group) is 2. The van der Waals surface area contributed by atoms with E-state index in [1.54, 1.807) is 26.1 Å². The molecule has 12 nitrogen and oxygen atoms in total. The van der Waals surface area contributed by atoms with Gasteiger partial charge in [0.1, 0.15) is 18.1 Å². The molecule has 1 heterocycles. The van der Waals surface area contributed by atoms with Crippen molar-refractivity contribution in [2.45, 2.75) is 119 Å². The lowest BCUT2D eigenvalue weighted by molar-refractivity contribution is -0.142. The highest BCUT2D eigenvalue weighted by Gasteiger charge is 2.36. The second-order valence-corrected chi connectivity index (χ2v) is 13.8. The number of amides is 5. The van der Waals surface area contributed by atoms with Crippen LogP contribution in [0.5, 0.6) is 0 Å². The van der Waals surface area contributed by atoms with Gasteiger partial charge in [-0.25, -0.2) is 0 Å². The van der Waals surface area contributed by atoms with E-state index >= 15 is 0 Å². The minimum absolute atomic E-state index is 0.0906. The monoisotopic (exact) mass is 659 g/mol. The van der Waals surface area contributed by atoms with Crippen molar-refractivity contribution in [3.05, 3.63) is 30.1 Å². The van der Waals surface area contributed by atoms with E-state index < -0.39 is 24.2 Å². The van der Waals surface area contributed by atoms with Crippen LogP contribution in [0.4, 0.5) is 0 Å². The Bertz CT molecular complexity index is 1140. The van der Waals surface area contributed by atoms with Crippen molar-refractivity contribution in [3.8, 4) is 0 Å². The fourth-order valence-corrected chi connectivity index (χ4v) is 5.24. The zero-order chi connectivity index (χ0) is 35.8. The first-order valence-electron chi connectivity index (χ1n) is 17.1. The molecule has 0 bridgehead atoms. The number of hydrogen-bond acceptors (Lipinski definition) is 7. The van der Waals surface area contributed by atoms with Crippen LogP contribution in [0.2, 0.25) is 0 Å². The van der Waals surface area contributed by atoms with Crippen LogP contribution in [0.3, 0.4) is 0 Å². The first-order chi connectivity index (χ1) is 22.0. The zero-order valence-electron chi connectivity index (χ0n) is 30.5. The topological polar surface area (TPSA) is 162 Å². The van der Waals surface area contributed by atoms with E-state index in [1.165, 1.54) is 17.3 Å². The number of carbonyl (C=O) groups is 5. The summed E-state index contributed by atoms with van der Waals surface area (Å²) in [6.45, 7) is 20.0. The summed E-state index contributed by atoms with van der Waals surface area (Å²) in [4.78, 5) is 71.8. The molecule has 1 aromatic heterocycles. The van der Waals surface area contributed by atoms with Gasteiger partial charge in [0.2, 0.25) is 23.6 Å². The molecule has 0 aliphatic heterocycles. The maximum Gasteiger partial charge on any atom is 0.252 e. The second-order valence-electron chi connectivity index (χ2n) is 13.8. The molecule has 0 aliphatic rings. The van der Waals surface area contributed by atoms with Crippen molar-refractivity contribution >= 4 is 29.5 Å². The van der Waals surface area contributed by atoms with Crippen molar-refractivity contribution in [1.82, 2.24) is 36.5 Å². The van der Waals surface area contributed by atoms with Crippen LogP contribution in [0, 0.1) is 23.7 Å². The van der Waals surface area contributed by atoms with Crippen LogP contribution in [0.15, 0.2) is 24.5 Å². The summed E-state index contributed by atoms with van der Waals surface area (Å²) in [6.07, 6.45) is 4.76. The number of aromatic nitrogens is 1. The minimum Gasteiger partial charge on any atom is -0.355 e. The molecule has 0 aromatic carbocycles. The summed E-state index contributed by atoms with van der Waals surface area (Å²) >= 11 is 0. The Balaban J connectivity index is 3.11. The highest BCUT2D eigenvalue weighted by Crippen LogP contribution is 2.18. The molecule has 0 saturated heterocycles. The van der Waals surface area contributed by atoms with Crippen LogP contribution < -0.4 is 26.6 Å². The van der Waals surface area contributed by atoms with Crippen LogP contribution in [-0.4, -0.2) is 89.8 Å². The van der Waals surface area contributed by atoms with E-state index in [1.807, 2.05) is 48.5 Å². The molecule has 0 radical (unpaired) electrons. The van der Waals surface area contributed by atoms with E-state index in [0.717, 1.165) is 0 Å². The van der Waals surface area contributed by atoms with E-state index in [-0.39, 0.29) is 59.2 Å². The maximum atomic E-state index is 13.9. The number of nitrogens with one attached hydrogen (secondary N) is 5. The molecule has 0 fully saturated rings. The molecule has 1 aromatic rings.